The molecule has 0 amide bonds. The number of nitrogens with two attached hydrogens (primary N) is 1. The fourth-order valence-electron chi connectivity index (χ4n) is 0.993. The van der Waals surface area contributed by atoms with Crippen LogP contribution in [0.3, 0.4) is 0 Å². The second-order valence-electron chi connectivity index (χ2n) is 2.73. The summed E-state index contributed by atoms with van der Waals surface area (Å²) in [6.07, 6.45) is -4.75. The largest absolute Gasteiger partial charge is 0.506 e. The molecule has 0 spiro atoms. The fourth-order valence-corrected chi connectivity index (χ4v) is 0.993. The molecular weight excluding hydrogens is 215 g/mol. The van der Waals surface area contributed by atoms with Crippen LogP contribution in [0.1, 0.15) is 16.1 Å². The van der Waals surface area contributed by atoms with Gasteiger partial charge in [-0.3, -0.25) is 0 Å². The normalized spacial score (nSPS) is 11.5. The molecule has 1 rings (SSSR count). The molecule has 0 aliphatic rings. The molecule has 0 aliphatic carbocycles. The maximum absolute atomic E-state index is 12.3. The highest BCUT2D eigenvalue weighted by Crippen LogP contribution is 2.28. The van der Waals surface area contributed by atoms with Crippen LogP contribution in [0.15, 0.2) is 0 Å². The van der Waals surface area contributed by atoms with Gasteiger partial charge in [0.15, 0.2) is 5.69 Å². The number of nitrogens with zero attached hydrogens (tertiary/aromatic N) is 2. The minimum Gasteiger partial charge on any atom is -0.464 e. The van der Waals surface area contributed by atoms with E-state index in [2.05, 4.69) is 9.84 Å². The summed E-state index contributed by atoms with van der Waals surface area (Å²) in [7, 11) is 1.05. The zero-order valence-corrected chi connectivity index (χ0v) is 7.92. The van der Waals surface area contributed by atoms with Crippen molar-refractivity contribution in [1.82, 2.24) is 9.78 Å². The SMILES string of the molecule is COC(=O)c1nn(C(F)(F)F)c(N)c1C. The van der Waals surface area contributed by atoms with Crippen molar-refractivity contribution in [2.24, 2.45) is 0 Å². The second kappa shape index (κ2) is 3.44. The predicted octanol–water partition coefficient (Wildman–Crippen LogP) is 1.04. The number of anilines is 1. The first-order chi connectivity index (χ1) is 6.79. The Morgan fingerprint density at radius 2 is 2.07 bits per heavy atom. The van der Waals surface area contributed by atoms with Crippen molar-refractivity contribution in [2.45, 2.75) is 13.2 Å². The number of methoxy groups -OCH3 is 1. The van der Waals surface area contributed by atoms with Gasteiger partial charge in [0.2, 0.25) is 0 Å². The minimum atomic E-state index is -4.75. The van der Waals surface area contributed by atoms with Crippen LogP contribution in [-0.2, 0) is 11.0 Å². The molecule has 1 aromatic rings. The molecule has 0 unspecified atom stereocenters. The second-order valence-corrected chi connectivity index (χ2v) is 2.73. The number of rotatable bonds is 1. The molecule has 0 aliphatic heterocycles. The zero-order chi connectivity index (χ0) is 11.8. The van der Waals surface area contributed by atoms with Gasteiger partial charge in [0.25, 0.3) is 0 Å². The molecule has 5 nitrogen and oxygen atoms in total. The topological polar surface area (TPSA) is 70.1 Å². The predicted molar refractivity (Wildman–Crippen MR) is 44.0 cm³/mol. The highest BCUT2D eigenvalue weighted by molar-refractivity contribution is 5.90. The van der Waals surface area contributed by atoms with Crippen molar-refractivity contribution < 1.29 is 22.7 Å². The van der Waals surface area contributed by atoms with Gasteiger partial charge in [0, 0.05) is 5.56 Å². The van der Waals surface area contributed by atoms with E-state index in [9.17, 15) is 18.0 Å². The van der Waals surface area contributed by atoms with E-state index in [1.54, 1.807) is 0 Å². The van der Waals surface area contributed by atoms with E-state index in [0.29, 0.717) is 0 Å². The molecule has 0 radical (unpaired) electrons. The van der Waals surface area contributed by atoms with E-state index in [-0.39, 0.29) is 10.2 Å². The van der Waals surface area contributed by atoms with Crippen molar-refractivity contribution in [3.05, 3.63) is 11.3 Å². The van der Waals surface area contributed by atoms with E-state index in [4.69, 9.17) is 5.73 Å². The number of nitrogen functional groups attached to an aromatic ring is 1. The lowest BCUT2D eigenvalue weighted by atomic mass is 10.2. The molecular formula is C7H8F3N3O2. The summed E-state index contributed by atoms with van der Waals surface area (Å²) < 4.78 is 40.7. The van der Waals surface area contributed by atoms with Gasteiger partial charge in [0.05, 0.1) is 7.11 Å². The number of carbonyl (C=O) groups excluding carboxylic acids is 1. The number of esters is 1. The molecule has 0 atom stereocenters. The van der Waals surface area contributed by atoms with Crippen molar-refractivity contribution in [3.8, 4) is 0 Å². The highest BCUT2D eigenvalue weighted by atomic mass is 19.4. The summed E-state index contributed by atoms with van der Waals surface area (Å²) in [5.74, 6) is -1.58. The molecule has 0 fully saturated rings. The lowest BCUT2D eigenvalue weighted by Gasteiger charge is -2.06. The lowest BCUT2D eigenvalue weighted by Crippen LogP contribution is -2.20. The Morgan fingerprint density at radius 1 is 1.53 bits per heavy atom. The molecule has 2 N–H and O–H groups in total. The van der Waals surface area contributed by atoms with Crippen molar-refractivity contribution in [1.29, 1.82) is 0 Å². The third-order valence-corrected chi connectivity index (χ3v) is 1.79. The molecule has 84 valence electrons. The number of aromatic nitrogens is 2. The van der Waals surface area contributed by atoms with Gasteiger partial charge in [-0.15, -0.1) is 13.2 Å². The smallest absolute Gasteiger partial charge is 0.464 e. The number of halogens is 3. The Balaban J connectivity index is 3.31. The van der Waals surface area contributed by atoms with Crippen LogP contribution in [0.5, 0.6) is 0 Å². The molecule has 1 aromatic heterocycles. The average molecular weight is 223 g/mol. The average Bonchev–Trinajstić information content (AvgIpc) is 2.42. The molecule has 0 saturated carbocycles. The van der Waals surface area contributed by atoms with Gasteiger partial charge in [0.1, 0.15) is 5.82 Å². The Bertz CT molecular complexity index is 397. The maximum Gasteiger partial charge on any atom is 0.506 e. The molecule has 0 aromatic carbocycles. The minimum absolute atomic E-state index is 0.0563. The van der Waals surface area contributed by atoms with Crippen molar-refractivity contribution >= 4 is 11.8 Å². The van der Waals surface area contributed by atoms with Gasteiger partial charge >= 0.3 is 12.3 Å². The summed E-state index contributed by atoms with van der Waals surface area (Å²) >= 11 is 0. The molecule has 0 bridgehead atoms. The van der Waals surface area contributed by atoms with Crippen LogP contribution in [-0.4, -0.2) is 22.9 Å². The van der Waals surface area contributed by atoms with Crippen LogP contribution < -0.4 is 5.73 Å². The first-order valence-electron chi connectivity index (χ1n) is 3.79. The summed E-state index contributed by atoms with van der Waals surface area (Å²) in [5.41, 5.74) is 4.66. The molecule has 1 heterocycles. The third-order valence-electron chi connectivity index (χ3n) is 1.79. The Morgan fingerprint density at radius 3 is 2.40 bits per heavy atom. The molecule has 0 saturated heterocycles. The summed E-state index contributed by atoms with van der Waals surface area (Å²) in [6.45, 7) is 1.26. The van der Waals surface area contributed by atoms with Crippen LogP contribution in [0, 0.1) is 6.92 Å². The fraction of sp³-hybridized carbons (Fsp3) is 0.429. The molecule has 8 heteroatoms. The van der Waals surface area contributed by atoms with Crippen molar-refractivity contribution in [2.75, 3.05) is 12.8 Å². The Labute approximate surface area is 82.6 Å². The number of alkyl halides is 3. The first-order valence-corrected chi connectivity index (χ1v) is 3.79. The van der Waals surface area contributed by atoms with Gasteiger partial charge in [-0.1, -0.05) is 0 Å². The summed E-state index contributed by atoms with van der Waals surface area (Å²) in [5, 5.41) is 3.04. The van der Waals surface area contributed by atoms with Gasteiger partial charge in [-0.05, 0) is 6.92 Å². The quantitative estimate of drug-likeness (QED) is 0.722. The standard InChI is InChI=1S/C7H8F3N3O2/c1-3-4(6(14)15-2)12-13(5(3)11)7(8,9)10/h11H2,1-2H3. The zero-order valence-electron chi connectivity index (χ0n) is 7.92. The molecule has 15 heavy (non-hydrogen) atoms. The first kappa shape index (κ1) is 11.3. The van der Waals surface area contributed by atoms with E-state index >= 15 is 0 Å². The van der Waals surface area contributed by atoms with Crippen LogP contribution in [0.4, 0.5) is 19.0 Å². The maximum atomic E-state index is 12.3. The van der Waals surface area contributed by atoms with E-state index in [1.807, 2.05) is 0 Å². The van der Waals surface area contributed by atoms with Crippen LogP contribution in [0.25, 0.3) is 0 Å². The number of hydrogen-bond acceptors (Lipinski definition) is 4. The lowest BCUT2D eigenvalue weighted by molar-refractivity contribution is -0.210. The monoisotopic (exact) mass is 223 g/mol. The number of hydrogen-bond donors (Lipinski definition) is 1. The van der Waals surface area contributed by atoms with Crippen molar-refractivity contribution in [3.63, 3.8) is 0 Å². The Kier molecular flexibility index (Phi) is 2.61. The van der Waals surface area contributed by atoms with Gasteiger partial charge in [-0.25, -0.2) is 4.79 Å². The van der Waals surface area contributed by atoms with E-state index in [0.717, 1.165) is 7.11 Å². The highest BCUT2D eigenvalue weighted by Gasteiger charge is 2.36. The number of carbonyl (C=O) groups is 1. The summed E-state index contributed by atoms with van der Waals surface area (Å²) in [4.78, 5) is 11.0. The Hall–Kier alpha value is -1.73. The summed E-state index contributed by atoms with van der Waals surface area (Å²) in [6, 6.07) is 0. The van der Waals surface area contributed by atoms with E-state index < -0.39 is 23.8 Å². The van der Waals surface area contributed by atoms with Crippen LogP contribution >= 0.6 is 0 Å². The van der Waals surface area contributed by atoms with E-state index in [1.165, 1.54) is 6.92 Å². The number of ether oxygens (including phenoxy) is 1. The van der Waals surface area contributed by atoms with Crippen LogP contribution in [0.2, 0.25) is 0 Å². The van der Waals surface area contributed by atoms with Gasteiger partial charge in [-0.2, -0.15) is 9.78 Å². The third kappa shape index (κ3) is 1.88. The van der Waals surface area contributed by atoms with Gasteiger partial charge < -0.3 is 10.5 Å².